The lowest BCUT2D eigenvalue weighted by Gasteiger charge is -2.07. The Balaban J connectivity index is 2.17. The number of carbonyl (C=O) groups excluding carboxylic acids is 1. The summed E-state index contributed by atoms with van der Waals surface area (Å²) in [5.41, 5.74) is 0.652. The van der Waals surface area contributed by atoms with Crippen molar-refractivity contribution in [3.8, 4) is 5.75 Å². The van der Waals surface area contributed by atoms with Gasteiger partial charge in [0.05, 0.1) is 18.1 Å². The highest BCUT2D eigenvalue weighted by atomic mass is 16.6. The maximum Gasteiger partial charge on any atom is 0.285 e. The Kier molecular flexibility index (Phi) is 4.50. The fraction of sp³-hybridized carbons (Fsp3) is 0.133. The molecular weight excluding hydrogens is 272 g/mol. The molecule has 0 aromatic heterocycles. The molecule has 0 bridgehead atoms. The second-order valence-electron chi connectivity index (χ2n) is 4.31. The summed E-state index contributed by atoms with van der Waals surface area (Å²) >= 11 is 0. The van der Waals surface area contributed by atoms with Crippen molar-refractivity contribution in [2.75, 3.05) is 7.11 Å². The van der Waals surface area contributed by atoms with Crippen LogP contribution in [-0.4, -0.2) is 17.9 Å². The predicted molar refractivity (Wildman–Crippen MR) is 77.3 cm³/mol. The third-order valence-corrected chi connectivity index (χ3v) is 2.94. The van der Waals surface area contributed by atoms with Gasteiger partial charge in [0.15, 0.2) is 0 Å². The zero-order valence-electron chi connectivity index (χ0n) is 11.4. The van der Waals surface area contributed by atoms with Crippen LogP contribution in [0, 0.1) is 10.1 Å². The first-order chi connectivity index (χ1) is 10.1. The van der Waals surface area contributed by atoms with Gasteiger partial charge in [-0.1, -0.05) is 30.3 Å². The Labute approximate surface area is 121 Å². The summed E-state index contributed by atoms with van der Waals surface area (Å²) in [5, 5.41) is 13.7. The standard InChI is InChI=1S/C15H14N2O4/c1-21-12-7-8-13(14(9-12)17(19)20)15(18)16-10-11-5-3-2-4-6-11/h2-9H,10H2,1H3,(H,16,18). The van der Waals surface area contributed by atoms with Gasteiger partial charge in [-0.05, 0) is 17.7 Å². The van der Waals surface area contributed by atoms with Crippen LogP contribution >= 0.6 is 0 Å². The molecule has 0 unspecified atom stereocenters. The van der Waals surface area contributed by atoms with Crippen LogP contribution in [0.5, 0.6) is 5.75 Å². The van der Waals surface area contributed by atoms with Gasteiger partial charge >= 0.3 is 0 Å². The summed E-state index contributed by atoms with van der Waals surface area (Å²) in [6, 6.07) is 13.5. The normalized spacial score (nSPS) is 9.95. The van der Waals surface area contributed by atoms with Gasteiger partial charge in [0.25, 0.3) is 11.6 Å². The minimum absolute atomic E-state index is 0.0109. The average Bonchev–Trinajstić information content (AvgIpc) is 2.52. The third kappa shape index (κ3) is 3.56. The van der Waals surface area contributed by atoms with Crippen LogP contribution < -0.4 is 10.1 Å². The number of rotatable bonds is 5. The summed E-state index contributed by atoms with van der Waals surface area (Å²) in [4.78, 5) is 22.5. The van der Waals surface area contributed by atoms with Crippen LogP contribution in [0.4, 0.5) is 5.69 Å². The van der Waals surface area contributed by atoms with Gasteiger partial charge in [-0.25, -0.2) is 0 Å². The molecule has 6 nitrogen and oxygen atoms in total. The smallest absolute Gasteiger partial charge is 0.285 e. The van der Waals surface area contributed by atoms with Crippen LogP contribution in [0.25, 0.3) is 0 Å². The molecule has 108 valence electrons. The molecule has 0 spiro atoms. The number of methoxy groups -OCH3 is 1. The fourth-order valence-corrected chi connectivity index (χ4v) is 1.85. The molecule has 0 heterocycles. The monoisotopic (exact) mass is 286 g/mol. The molecule has 0 saturated carbocycles. The quantitative estimate of drug-likeness (QED) is 0.676. The number of carbonyl (C=O) groups is 1. The van der Waals surface area contributed by atoms with Crippen molar-refractivity contribution < 1.29 is 14.5 Å². The van der Waals surface area contributed by atoms with Crippen LogP contribution in [0.15, 0.2) is 48.5 Å². The molecule has 0 aliphatic carbocycles. The summed E-state index contributed by atoms with van der Waals surface area (Å²) < 4.78 is 4.93. The predicted octanol–water partition coefficient (Wildman–Crippen LogP) is 2.53. The fourth-order valence-electron chi connectivity index (χ4n) is 1.85. The topological polar surface area (TPSA) is 81.5 Å². The number of amides is 1. The van der Waals surface area contributed by atoms with E-state index in [2.05, 4.69) is 5.32 Å². The molecule has 2 aromatic rings. The molecule has 0 atom stereocenters. The van der Waals surface area contributed by atoms with E-state index < -0.39 is 10.8 Å². The molecule has 0 aliphatic heterocycles. The molecule has 0 aliphatic rings. The lowest BCUT2D eigenvalue weighted by Crippen LogP contribution is -2.23. The molecule has 0 saturated heterocycles. The van der Waals surface area contributed by atoms with E-state index in [0.29, 0.717) is 12.3 Å². The van der Waals surface area contributed by atoms with Crippen LogP contribution in [0.2, 0.25) is 0 Å². The van der Waals surface area contributed by atoms with E-state index in [9.17, 15) is 14.9 Å². The average molecular weight is 286 g/mol. The van der Waals surface area contributed by atoms with E-state index in [1.807, 2.05) is 30.3 Å². The van der Waals surface area contributed by atoms with Crippen molar-refractivity contribution in [1.29, 1.82) is 0 Å². The maximum absolute atomic E-state index is 12.1. The Morgan fingerprint density at radius 3 is 2.57 bits per heavy atom. The second-order valence-corrected chi connectivity index (χ2v) is 4.31. The zero-order valence-corrected chi connectivity index (χ0v) is 11.4. The highest BCUT2D eigenvalue weighted by Crippen LogP contribution is 2.24. The van der Waals surface area contributed by atoms with Crippen molar-refractivity contribution in [3.63, 3.8) is 0 Å². The number of hydrogen-bond donors (Lipinski definition) is 1. The minimum atomic E-state index is -0.597. The molecule has 1 amide bonds. The number of ether oxygens (including phenoxy) is 1. The Morgan fingerprint density at radius 1 is 1.24 bits per heavy atom. The van der Waals surface area contributed by atoms with Crippen molar-refractivity contribution in [3.05, 3.63) is 69.8 Å². The first-order valence-electron chi connectivity index (χ1n) is 6.26. The highest BCUT2D eigenvalue weighted by molar-refractivity contribution is 5.98. The van der Waals surface area contributed by atoms with Crippen LogP contribution in [0.3, 0.4) is 0 Å². The number of nitro groups is 1. The molecule has 1 N–H and O–H groups in total. The van der Waals surface area contributed by atoms with Gasteiger partial charge in [-0.15, -0.1) is 0 Å². The summed E-state index contributed by atoms with van der Waals surface area (Å²) in [7, 11) is 1.41. The van der Waals surface area contributed by atoms with E-state index in [4.69, 9.17) is 4.74 Å². The van der Waals surface area contributed by atoms with Gasteiger partial charge in [0, 0.05) is 6.54 Å². The third-order valence-electron chi connectivity index (χ3n) is 2.94. The van der Waals surface area contributed by atoms with Crippen molar-refractivity contribution in [1.82, 2.24) is 5.32 Å². The Bertz CT molecular complexity index is 656. The molecule has 0 fully saturated rings. The second kappa shape index (κ2) is 6.51. The minimum Gasteiger partial charge on any atom is -0.497 e. The number of nitro benzene ring substituents is 1. The number of nitrogens with one attached hydrogen (secondary N) is 1. The van der Waals surface area contributed by atoms with E-state index in [1.54, 1.807) is 0 Å². The molecule has 2 rings (SSSR count). The van der Waals surface area contributed by atoms with Crippen molar-refractivity contribution in [2.45, 2.75) is 6.54 Å². The summed E-state index contributed by atoms with van der Waals surface area (Å²) in [5.74, 6) is -0.158. The van der Waals surface area contributed by atoms with Gasteiger partial charge in [0.2, 0.25) is 0 Å². The lowest BCUT2D eigenvalue weighted by atomic mass is 10.1. The molecule has 0 radical (unpaired) electrons. The van der Waals surface area contributed by atoms with E-state index >= 15 is 0 Å². The molecule has 2 aromatic carbocycles. The number of hydrogen-bond acceptors (Lipinski definition) is 4. The van der Waals surface area contributed by atoms with Crippen molar-refractivity contribution in [2.24, 2.45) is 0 Å². The zero-order chi connectivity index (χ0) is 15.2. The van der Waals surface area contributed by atoms with Crippen LogP contribution in [0.1, 0.15) is 15.9 Å². The SMILES string of the molecule is COc1ccc(C(=O)NCc2ccccc2)c([N+](=O)[O-])c1. The first-order valence-corrected chi connectivity index (χ1v) is 6.26. The van der Waals surface area contributed by atoms with Gasteiger partial charge < -0.3 is 10.1 Å². The highest BCUT2D eigenvalue weighted by Gasteiger charge is 2.20. The largest absolute Gasteiger partial charge is 0.497 e. The molecule has 6 heteroatoms. The van der Waals surface area contributed by atoms with Gasteiger partial charge in [-0.3, -0.25) is 14.9 Å². The Hall–Kier alpha value is -2.89. The van der Waals surface area contributed by atoms with Gasteiger partial charge in [0.1, 0.15) is 11.3 Å². The van der Waals surface area contributed by atoms with E-state index in [1.165, 1.54) is 25.3 Å². The number of benzene rings is 2. The summed E-state index contributed by atoms with van der Waals surface area (Å²) in [6.07, 6.45) is 0. The van der Waals surface area contributed by atoms with E-state index in [0.717, 1.165) is 5.56 Å². The van der Waals surface area contributed by atoms with Gasteiger partial charge in [-0.2, -0.15) is 0 Å². The summed E-state index contributed by atoms with van der Waals surface area (Å²) in [6.45, 7) is 0.308. The molecule has 21 heavy (non-hydrogen) atoms. The number of nitrogens with zero attached hydrogens (tertiary/aromatic N) is 1. The lowest BCUT2D eigenvalue weighted by molar-refractivity contribution is -0.385. The molecular formula is C15H14N2O4. The van der Waals surface area contributed by atoms with Crippen molar-refractivity contribution >= 4 is 11.6 Å². The Morgan fingerprint density at radius 2 is 1.95 bits per heavy atom. The van der Waals surface area contributed by atoms with Crippen LogP contribution in [-0.2, 0) is 6.54 Å². The maximum atomic E-state index is 12.1. The van der Waals surface area contributed by atoms with E-state index in [-0.39, 0.29) is 11.3 Å². The first kappa shape index (κ1) is 14.5.